The van der Waals surface area contributed by atoms with Crippen LogP contribution in [0.3, 0.4) is 0 Å². The highest BCUT2D eigenvalue weighted by molar-refractivity contribution is 6.13. The number of carbonyl (C=O) groups is 1. The van der Waals surface area contributed by atoms with E-state index in [4.69, 9.17) is 0 Å². The molecular formula is C24H23N3O3. The van der Waals surface area contributed by atoms with Crippen LogP contribution in [-0.4, -0.2) is 27.3 Å². The molecule has 0 saturated carbocycles. The fraction of sp³-hybridized carbons (Fsp3) is 0.208. The number of carbonyl (C=O) groups excluding carboxylic acids is 1. The van der Waals surface area contributed by atoms with Crippen molar-refractivity contribution in [2.24, 2.45) is 12.0 Å². The average Bonchev–Trinajstić information content (AvgIpc) is 2.96. The molecule has 4 rings (SSSR count). The Labute approximate surface area is 174 Å². The predicted molar refractivity (Wildman–Crippen MR) is 119 cm³/mol. The van der Waals surface area contributed by atoms with Crippen LogP contribution in [0.1, 0.15) is 26.3 Å². The second-order valence-corrected chi connectivity index (χ2v) is 7.52. The molecule has 0 spiro atoms. The molecule has 0 fully saturated rings. The van der Waals surface area contributed by atoms with Crippen molar-refractivity contribution in [2.45, 2.75) is 26.8 Å². The third-order valence-corrected chi connectivity index (χ3v) is 5.76. The van der Waals surface area contributed by atoms with Gasteiger partial charge in [0.1, 0.15) is 17.0 Å². The maximum atomic E-state index is 13.2. The molecule has 0 bridgehead atoms. The maximum absolute atomic E-state index is 13.2. The van der Waals surface area contributed by atoms with Gasteiger partial charge in [0, 0.05) is 18.1 Å². The lowest BCUT2D eigenvalue weighted by Gasteiger charge is -2.22. The number of hydrogen-bond donors (Lipinski definition) is 1. The van der Waals surface area contributed by atoms with E-state index in [0.29, 0.717) is 22.3 Å². The van der Waals surface area contributed by atoms with E-state index in [1.807, 2.05) is 50.2 Å². The number of aromatic nitrogens is 1. The quantitative estimate of drug-likeness (QED) is 0.679. The minimum absolute atomic E-state index is 0.107. The largest absolute Gasteiger partial charge is 0.506 e. The maximum Gasteiger partial charge on any atom is 0.277 e. The zero-order valence-corrected chi connectivity index (χ0v) is 17.4. The lowest BCUT2D eigenvalue weighted by molar-refractivity contribution is -0.114. The molecule has 152 valence electrons. The van der Waals surface area contributed by atoms with Gasteiger partial charge in [0.2, 0.25) is 0 Å². The van der Waals surface area contributed by atoms with E-state index in [2.05, 4.69) is 4.99 Å². The second-order valence-electron chi connectivity index (χ2n) is 7.52. The van der Waals surface area contributed by atoms with Gasteiger partial charge in [-0.05, 0) is 50.6 Å². The summed E-state index contributed by atoms with van der Waals surface area (Å²) < 4.78 is 1.49. The van der Waals surface area contributed by atoms with Crippen molar-refractivity contribution in [2.75, 3.05) is 4.90 Å². The van der Waals surface area contributed by atoms with Gasteiger partial charge in [-0.1, -0.05) is 30.3 Å². The molecule has 0 saturated heterocycles. The number of para-hydroxylation sites is 2. The summed E-state index contributed by atoms with van der Waals surface area (Å²) in [6, 6.07) is 16.4. The first-order chi connectivity index (χ1) is 14.3. The topological polar surface area (TPSA) is 74.9 Å². The molecule has 6 nitrogen and oxygen atoms in total. The summed E-state index contributed by atoms with van der Waals surface area (Å²) in [4.78, 5) is 32.3. The number of aliphatic imine (C=N–C) groups is 1. The number of anilines is 1. The Hall–Kier alpha value is -3.67. The number of benzene rings is 2. The summed E-state index contributed by atoms with van der Waals surface area (Å²) in [6.07, 6.45) is 0. The number of aromatic hydroxyl groups is 1. The van der Waals surface area contributed by atoms with Crippen molar-refractivity contribution in [1.29, 1.82) is 0 Å². The number of aryl methyl sites for hydroxylation is 1. The summed E-state index contributed by atoms with van der Waals surface area (Å²) in [5, 5.41) is 11.4. The average molecular weight is 401 g/mol. The minimum Gasteiger partial charge on any atom is -0.506 e. The summed E-state index contributed by atoms with van der Waals surface area (Å²) in [5.74, 6) is -0.339. The highest BCUT2D eigenvalue weighted by atomic mass is 16.3. The fourth-order valence-corrected chi connectivity index (χ4v) is 3.94. The van der Waals surface area contributed by atoms with E-state index >= 15 is 0 Å². The van der Waals surface area contributed by atoms with Gasteiger partial charge in [-0.3, -0.25) is 9.59 Å². The molecular weight excluding hydrogens is 378 g/mol. The van der Waals surface area contributed by atoms with Gasteiger partial charge in [-0.25, -0.2) is 4.99 Å². The van der Waals surface area contributed by atoms with Crippen LogP contribution < -0.4 is 10.5 Å². The molecule has 0 radical (unpaired) electrons. The molecule has 30 heavy (non-hydrogen) atoms. The monoisotopic (exact) mass is 401 g/mol. The van der Waals surface area contributed by atoms with Gasteiger partial charge in [-0.2, -0.15) is 0 Å². The normalized spacial score (nSPS) is 17.3. The number of fused-ring (bicyclic) bond motifs is 1. The van der Waals surface area contributed by atoms with Crippen molar-refractivity contribution >= 4 is 28.2 Å². The molecule has 1 amide bonds. The summed E-state index contributed by atoms with van der Waals surface area (Å²) in [7, 11) is 1.66. The number of hydrogen-bond acceptors (Lipinski definition) is 4. The number of rotatable bonds is 3. The number of amides is 1. The Kier molecular flexibility index (Phi) is 4.78. The van der Waals surface area contributed by atoms with Crippen LogP contribution in [0.25, 0.3) is 10.9 Å². The van der Waals surface area contributed by atoms with Crippen molar-refractivity contribution in [3.8, 4) is 5.75 Å². The molecule has 1 aliphatic rings. The molecule has 1 N–H and O–H groups in total. The van der Waals surface area contributed by atoms with Gasteiger partial charge in [0.15, 0.2) is 0 Å². The first-order valence-corrected chi connectivity index (χ1v) is 9.78. The smallest absolute Gasteiger partial charge is 0.277 e. The van der Waals surface area contributed by atoms with Crippen molar-refractivity contribution in [3.63, 3.8) is 0 Å². The van der Waals surface area contributed by atoms with Gasteiger partial charge in [0.25, 0.3) is 11.5 Å². The Balaban J connectivity index is 1.83. The molecule has 1 aliphatic heterocycles. The zero-order valence-electron chi connectivity index (χ0n) is 17.4. The van der Waals surface area contributed by atoms with E-state index in [-0.39, 0.29) is 28.8 Å². The van der Waals surface area contributed by atoms with E-state index < -0.39 is 0 Å². The van der Waals surface area contributed by atoms with Crippen LogP contribution in [0, 0.1) is 0 Å². The zero-order chi connectivity index (χ0) is 21.6. The summed E-state index contributed by atoms with van der Waals surface area (Å²) >= 11 is 0. The third kappa shape index (κ3) is 2.92. The standard InChI is InChI=1S/C24H23N3O3/c1-14-16(3)27(17-10-6-5-7-11-17)24(30)21(14)25-15(2)20-22(28)18-12-8-9-13-19(18)26(4)23(20)29/h5-13,16,28H,1-4H3. The van der Waals surface area contributed by atoms with Crippen LogP contribution >= 0.6 is 0 Å². The van der Waals surface area contributed by atoms with E-state index in [1.165, 1.54) is 4.57 Å². The lowest BCUT2D eigenvalue weighted by atomic mass is 10.1. The predicted octanol–water partition coefficient (Wildman–Crippen LogP) is 3.76. The minimum atomic E-state index is -0.357. The Bertz CT molecular complexity index is 1290. The molecule has 2 aromatic carbocycles. The van der Waals surface area contributed by atoms with E-state index in [9.17, 15) is 14.7 Å². The molecule has 0 aliphatic carbocycles. The number of pyridine rings is 1. The van der Waals surface area contributed by atoms with Crippen LogP contribution in [0.2, 0.25) is 0 Å². The van der Waals surface area contributed by atoms with Crippen LogP contribution in [-0.2, 0) is 11.8 Å². The highest BCUT2D eigenvalue weighted by Crippen LogP contribution is 2.32. The highest BCUT2D eigenvalue weighted by Gasteiger charge is 2.35. The third-order valence-electron chi connectivity index (χ3n) is 5.76. The van der Waals surface area contributed by atoms with Gasteiger partial charge in [-0.15, -0.1) is 0 Å². The Morgan fingerprint density at radius 1 is 1.03 bits per heavy atom. The van der Waals surface area contributed by atoms with Crippen molar-refractivity contribution < 1.29 is 9.90 Å². The molecule has 6 heteroatoms. The second kappa shape index (κ2) is 7.30. The molecule has 1 atom stereocenters. The SMILES string of the molecule is CC(=NC1=C(C)C(C)N(c2ccccc2)C1=O)c1c(O)c2ccccc2n(C)c1=O. The summed E-state index contributed by atoms with van der Waals surface area (Å²) in [5.41, 5.74) is 2.61. The van der Waals surface area contributed by atoms with Gasteiger partial charge >= 0.3 is 0 Å². The Morgan fingerprint density at radius 3 is 2.37 bits per heavy atom. The lowest BCUT2D eigenvalue weighted by Crippen LogP contribution is -2.33. The summed E-state index contributed by atoms with van der Waals surface area (Å²) in [6.45, 7) is 5.47. The first kappa shape index (κ1) is 19.6. The van der Waals surface area contributed by atoms with E-state index in [1.54, 1.807) is 37.1 Å². The molecule has 1 unspecified atom stereocenters. The van der Waals surface area contributed by atoms with Gasteiger partial charge in [0.05, 0.1) is 17.3 Å². The number of nitrogens with zero attached hydrogens (tertiary/aromatic N) is 3. The fourth-order valence-electron chi connectivity index (χ4n) is 3.94. The van der Waals surface area contributed by atoms with Crippen molar-refractivity contribution in [3.05, 3.63) is 81.8 Å². The van der Waals surface area contributed by atoms with E-state index in [0.717, 1.165) is 11.3 Å². The first-order valence-electron chi connectivity index (χ1n) is 9.78. The Morgan fingerprint density at radius 2 is 1.67 bits per heavy atom. The molecule has 3 aromatic rings. The molecule has 2 heterocycles. The van der Waals surface area contributed by atoms with Crippen LogP contribution in [0.4, 0.5) is 5.69 Å². The van der Waals surface area contributed by atoms with Gasteiger partial charge < -0.3 is 14.6 Å². The van der Waals surface area contributed by atoms with Crippen LogP contribution in [0.5, 0.6) is 5.75 Å². The molecule has 1 aromatic heterocycles. The van der Waals surface area contributed by atoms with Crippen molar-refractivity contribution in [1.82, 2.24) is 4.57 Å². The van der Waals surface area contributed by atoms with Crippen LogP contribution in [0.15, 0.2) is 75.7 Å².